The summed E-state index contributed by atoms with van der Waals surface area (Å²) in [5, 5.41) is 18.7. The molecule has 0 amide bonds. The minimum absolute atomic E-state index is 0. The summed E-state index contributed by atoms with van der Waals surface area (Å²) >= 11 is 0. The van der Waals surface area contributed by atoms with Gasteiger partial charge in [0.25, 0.3) is 0 Å². The van der Waals surface area contributed by atoms with Gasteiger partial charge in [-0.1, -0.05) is 61.5 Å². The predicted molar refractivity (Wildman–Crippen MR) is 130 cm³/mol. The summed E-state index contributed by atoms with van der Waals surface area (Å²) in [7, 11) is 0. The van der Waals surface area contributed by atoms with Crippen LogP contribution in [0.5, 0.6) is 0 Å². The number of nitrogens with zero attached hydrogens (tertiary/aromatic N) is 2. The Morgan fingerprint density at radius 2 is 1.10 bits per heavy atom. The van der Waals surface area contributed by atoms with Crippen LogP contribution < -0.4 is 0 Å². The Kier molecular flexibility index (Phi) is 10.7. The molecule has 0 saturated heterocycles. The van der Waals surface area contributed by atoms with Gasteiger partial charge in [0.15, 0.2) is 5.79 Å². The summed E-state index contributed by atoms with van der Waals surface area (Å²) in [6, 6.07) is 24.7. The van der Waals surface area contributed by atoms with E-state index in [1.807, 2.05) is 54.6 Å². The fourth-order valence-corrected chi connectivity index (χ4v) is 2.67. The second-order valence-electron chi connectivity index (χ2n) is 6.38. The fourth-order valence-electron chi connectivity index (χ4n) is 2.67. The third-order valence-electron chi connectivity index (χ3n) is 4.38. The van der Waals surface area contributed by atoms with Crippen molar-refractivity contribution in [1.82, 2.24) is 19.9 Å². The third kappa shape index (κ3) is 7.38. The van der Waals surface area contributed by atoms with Crippen molar-refractivity contribution >= 4 is 46.9 Å². The van der Waals surface area contributed by atoms with Crippen LogP contribution in [0.1, 0.15) is 18.9 Å². The van der Waals surface area contributed by atoms with E-state index in [1.54, 1.807) is 43.8 Å². The average Bonchev–Trinajstić information content (AvgIpc) is 3.44. The summed E-state index contributed by atoms with van der Waals surface area (Å²) in [5.41, 5.74) is 4.78. The lowest BCUT2D eigenvalue weighted by atomic mass is 10.0. The van der Waals surface area contributed by atoms with E-state index >= 15 is 0 Å². The van der Waals surface area contributed by atoms with Gasteiger partial charge in [0.1, 0.15) is 0 Å². The van der Waals surface area contributed by atoms with Gasteiger partial charge in [-0.2, -0.15) is 0 Å². The standard InChI is InChI=1S/C9H12O2.2C7H6N2.2ClH/c1-2-9(10,11)8-6-4-3-5-7-8;2*1-2-4-7-6(3-1)8-5-9-7;;/h3-7,10-11H,2H2,1H3;2*1-5H,(H,8,9);2*1H. The molecule has 0 aliphatic rings. The minimum Gasteiger partial charge on any atom is -0.362 e. The lowest BCUT2D eigenvalue weighted by Crippen LogP contribution is -2.23. The molecule has 2 heterocycles. The maximum Gasteiger partial charge on any atom is 0.189 e. The molecule has 31 heavy (non-hydrogen) atoms. The molecule has 0 spiro atoms. The molecule has 0 aliphatic heterocycles. The van der Waals surface area contributed by atoms with Gasteiger partial charge in [0, 0.05) is 12.0 Å². The van der Waals surface area contributed by atoms with Crippen molar-refractivity contribution in [3.63, 3.8) is 0 Å². The van der Waals surface area contributed by atoms with Crippen molar-refractivity contribution in [3.05, 3.63) is 97.1 Å². The summed E-state index contributed by atoms with van der Waals surface area (Å²) in [6.45, 7) is 1.73. The summed E-state index contributed by atoms with van der Waals surface area (Å²) in [5.74, 6) is -1.67. The lowest BCUT2D eigenvalue weighted by molar-refractivity contribution is -0.171. The molecule has 0 bridgehead atoms. The molecule has 0 radical (unpaired) electrons. The first kappa shape index (κ1) is 26.1. The highest BCUT2D eigenvalue weighted by Crippen LogP contribution is 2.20. The van der Waals surface area contributed by atoms with Crippen LogP contribution in [0.25, 0.3) is 22.1 Å². The molecule has 164 valence electrons. The molecule has 0 aliphatic carbocycles. The number of hydrogen-bond donors (Lipinski definition) is 4. The number of aromatic nitrogens is 4. The maximum atomic E-state index is 9.35. The SMILES string of the molecule is CCC(O)(O)c1ccccc1.Cl.Cl.c1ccc2[nH]cnc2c1.c1ccc2[nH]cnc2c1. The van der Waals surface area contributed by atoms with E-state index in [9.17, 15) is 10.2 Å². The molecule has 2 aromatic heterocycles. The monoisotopic (exact) mass is 460 g/mol. The van der Waals surface area contributed by atoms with Crippen molar-refractivity contribution in [2.24, 2.45) is 0 Å². The van der Waals surface area contributed by atoms with Gasteiger partial charge in [-0.15, -0.1) is 24.8 Å². The Labute approximate surface area is 193 Å². The number of H-pyrrole nitrogens is 2. The van der Waals surface area contributed by atoms with E-state index in [0.29, 0.717) is 12.0 Å². The largest absolute Gasteiger partial charge is 0.362 e. The molecule has 8 heteroatoms. The van der Waals surface area contributed by atoms with Crippen molar-refractivity contribution < 1.29 is 10.2 Å². The number of rotatable bonds is 2. The number of fused-ring (bicyclic) bond motifs is 2. The predicted octanol–water partition coefficient (Wildman–Crippen LogP) is 5.20. The minimum atomic E-state index is -1.67. The zero-order valence-electron chi connectivity index (χ0n) is 17.0. The van der Waals surface area contributed by atoms with Crippen molar-refractivity contribution in [2.75, 3.05) is 0 Å². The zero-order valence-corrected chi connectivity index (χ0v) is 18.6. The van der Waals surface area contributed by atoms with E-state index in [0.717, 1.165) is 22.1 Å². The number of benzene rings is 3. The highest BCUT2D eigenvalue weighted by Gasteiger charge is 2.21. The second kappa shape index (κ2) is 12.7. The van der Waals surface area contributed by atoms with Crippen molar-refractivity contribution in [2.45, 2.75) is 19.1 Å². The molecule has 0 unspecified atom stereocenters. The number of nitrogens with one attached hydrogen (secondary N) is 2. The summed E-state index contributed by atoms with van der Waals surface area (Å²) in [4.78, 5) is 14.1. The molecular formula is C23H26Cl2N4O2. The van der Waals surface area contributed by atoms with Crippen LogP contribution in [0.2, 0.25) is 0 Å². The smallest absolute Gasteiger partial charge is 0.189 e. The zero-order chi connectivity index (χ0) is 20.5. The molecule has 5 aromatic rings. The van der Waals surface area contributed by atoms with Crippen LogP contribution in [-0.4, -0.2) is 30.1 Å². The third-order valence-corrected chi connectivity index (χ3v) is 4.38. The maximum absolute atomic E-state index is 9.35. The van der Waals surface area contributed by atoms with Gasteiger partial charge in [-0.25, -0.2) is 9.97 Å². The highest BCUT2D eigenvalue weighted by atomic mass is 35.5. The first-order chi connectivity index (χ1) is 14.1. The van der Waals surface area contributed by atoms with Gasteiger partial charge < -0.3 is 20.2 Å². The van der Waals surface area contributed by atoms with Crippen LogP contribution in [0, 0.1) is 0 Å². The van der Waals surface area contributed by atoms with Gasteiger partial charge in [0.05, 0.1) is 34.7 Å². The number of aromatic amines is 2. The van der Waals surface area contributed by atoms with E-state index in [-0.39, 0.29) is 24.8 Å². The van der Waals surface area contributed by atoms with E-state index in [4.69, 9.17) is 0 Å². The molecule has 0 fully saturated rings. The molecule has 3 aromatic carbocycles. The molecule has 0 saturated carbocycles. The Balaban J connectivity index is 0.000000226. The topological polar surface area (TPSA) is 97.8 Å². The first-order valence-corrected chi connectivity index (χ1v) is 9.36. The Hall–Kier alpha value is -2.90. The Bertz CT molecular complexity index is 1020. The molecule has 5 rings (SSSR count). The normalized spacial score (nSPS) is 10.0. The van der Waals surface area contributed by atoms with Crippen LogP contribution in [0.3, 0.4) is 0 Å². The number of hydrogen-bond acceptors (Lipinski definition) is 4. The summed E-state index contributed by atoms with van der Waals surface area (Å²) < 4.78 is 0. The van der Waals surface area contributed by atoms with Crippen LogP contribution in [-0.2, 0) is 5.79 Å². The molecule has 6 nitrogen and oxygen atoms in total. The van der Waals surface area contributed by atoms with E-state index < -0.39 is 5.79 Å². The molecule has 4 N–H and O–H groups in total. The number of aliphatic hydroxyl groups is 2. The second-order valence-corrected chi connectivity index (χ2v) is 6.38. The average molecular weight is 461 g/mol. The quantitative estimate of drug-likeness (QED) is 0.272. The van der Waals surface area contributed by atoms with Gasteiger partial charge in [-0.3, -0.25) is 0 Å². The Morgan fingerprint density at radius 3 is 1.52 bits per heavy atom. The number of para-hydroxylation sites is 4. The van der Waals surface area contributed by atoms with Gasteiger partial charge in [0.2, 0.25) is 0 Å². The van der Waals surface area contributed by atoms with Gasteiger partial charge in [-0.05, 0) is 24.3 Å². The fraction of sp³-hybridized carbons (Fsp3) is 0.130. The number of halogens is 2. The van der Waals surface area contributed by atoms with Crippen molar-refractivity contribution in [1.29, 1.82) is 0 Å². The van der Waals surface area contributed by atoms with Crippen LogP contribution in [0.4, 0.5) is 0 Å². The molecular weight excluding hydrogens is 435 g/mol. The molecule has 0 atom stereocenters. The van der Waals surface area contributed by atoms with Gasteiger partial charge >= 0.3 is 0 Å². The van der Waals surface area contributed by atoms with Crippen molar-refractivity contribution in [3.8, 4) is 0 Å². The summed E-state index contributed by atoms with van der Waals surface area (Å²) in [6.07, 6.45) is 3.70. The van der Waals surface area contributed by atoms with E-state index in [2.05, 4.69) is 19.9 Å². The van der Waals surface area contributed by atoms with Crippen LogP contribution >= 0.6 is 24.8 Å². The van der Waals surface area contributed by atoms with Crippen LogP contribution in [0.15, 0.2) is 91.5 Å². The van der Waals surface area contributed by atoms with E-state index in [1.165, 1.54) is 0 Å². The lowest BCUT2D eigenvalue weighted by Gasteiger charge is -2.19. The highest BCUT2D eigenvalue weighted by molar-refractivity contribution is 5.85. The number of imidazole rings is 2. The Morgan fingerprint density at radius 1 is 0.677 bits per heavy atom. The first-order valence-electron chi connectivity index (χ1n) is 9.36.